The van der Waals surface area contributed by atoms with Gasteiger partial charge in [0.2, 0.25) is 5.91 Å². The maximum Gasteiger partial charge on any atom is 0.274 e. The van der Waals surface area contributed by atoms with Crippen LogP contribution in [0.2, 0.25) is 0 Å². The van der Waals surface area contributed by atoms with Crippen LogP contribution in [-0.2, 0) is 4.79 Å². The van der Waals surface area contributed by atoms with E-state index in [0.29, 0.717) is 15.5 Å². The first-order valence-electron chi connectivity index (χ1n) is 10.4. The third-order valence-corrected chi connectivity index (χ3v) is 7.09. The Bertz CT molecular complexity index is 1130. The van der Waals surface area contributed by atoms with E-state index in [1.165, 1.54) is 23.1 Å². The molecule has 0 unspecified atom stereocenters. The van der Waals surface area contributed by atoms with E-state index in [1.54, 1.807) is 4.57 Å². The highest BCUT2D eigenvalue weighted by molar-refractivity contribution is 7.99. The van der Waals surface area contributed by atoms with Crippen LogP contribution >= 0.6 is 23.1 Å². The van der Waals surface area contributed by atoms with E-state index in [-0.39, 0.29) is 23.3 Å². The number of aryl methyl sites for hydroxylation is 2. The lowest BCUT2D eigenvalue weighted by Crippen LogP contribution is -2.25. The summed E-state index contributed by atoms with van der Waals surface area (Å²) in [7, 11) is 0. The lowest BCUT2D eigenvalue weighted by atomic mass is 10.1. The predicted octanol–water partition coefficient (Wildman–Crippen LogP) is 4.63. The number of carbonyl (C=O) groups is 1. The van der Waals surface area contributed by atoms with Crippen LogP contribution in [0.3, 0.4) is 0 Å². The Labute approximate surface area is 190 Å². The normalized spacial score (nSPS) is 11.3. The number of rotatable bonds is 8. The molecular weight excluding hydrogens is 430 g/mol. The highest BCUT2D eigenvalue weighted by Gasteiger charge is 2.20. The van der Waals surface area contributed by atoms with Crippen molar-refractivity contribution >= 4 is 50.2 Å². The molecule has 0 spiro atoms. The summed E-state index contributed by atoms with van der Waals surface area (Å²) >= 11 is 2.64. The van der Waals surface area contributed by atoms with Crippen molar-refractivity contribution in [1.29, 1.82) is 0 Å². The first-order valence-corrected chi connectivity index (χ1v) is 12.2. The highest BCUT2D eigenvalue weighted by Crippen LogP contribution is 2.28. The Hall–Kier alpha value is -2.39. The molecule has 7 nitrogen and oxygen atoms in total. The van der Waals surface area contributed by atoms with Crippen LogP contribution in [0.15, 0.2) is 28.2 Å². The van der Waals surface area contributed by atoms with Crippen LogP contribution in [0.5, 0.6) is 0 Å². The molecule has 9 heteroatoms. The Morgan fingerprint density at radius 1 is 1.19 bits per heavy atom. The second kappa shape index (κ2) is 9.82. The number of thiazole rings is 1. The molecule has 166 valence electrons. The van der Waals surface area contributed by atoms with Gasteiger partial charge in [-0.25, -0.2) is 4.98 Å². The fourth-order valence-electron chi connectivity index (χ4n) is 3.36. The summed E-state index contributed by atoms with van der Waals surface area (Å²) in [4.78, 5) is 37.2. The number of amides is 1. The van der Waals surface area contributed by atoms with Crippen molar-refractivity contribution in [2.75, 3.05) is 29.1 Å². The maximum atomic E-state index is 13.2. The van der Waals surface area contributed by atoms with E-state index in [1.807, 2.05) is 45.9 Å². The van der Waals surface area contributed by atoms with Crippen molar-refractivity contribution < 1.29 is 4.79 Å². The fraction of sp³-hybridized carbons (Fsp3) is 0.455. The third-order valence-electron chi connectivity index (χ3n) is 5.05. The molecule has 0 atom stereocenters. The quantitative estimate of drug-likeness (QED) is 0.391. The number of thioether (sulfide) groups is 1. The second-order valence-corrected chi connectivity index (χ2v) is 9.51. The summed E-state index contributed by atoms with van der Waals surface area (Å²) in [5.41, 5.74) is 3.22. The SMILES string of the molecule is CCN(CC)c1nc2nc(SCC(=O)Nc3c(C)cccc3C)n(C(C)C)c(=O)c2s1. The van der Waals surface area contributed by atoms with E-state index in [2.05, 4.69) is 34.0 Å². The first kappa shape index (κ1) is 23.3. The molecule has 0 fully saturated rings. The van der Waals surface area contributed by atoms with Gasteiger partial charge in [-0.3, -0.25) is 14.2 Å². The number of carbonyl (C=O) groups excluding carboxylic acids is 1. The molecule has 2 heterocycles. The van der Waals surface area contributed by atoms with Gasteiger partial charge in [-0.1, -0.05) is 41.3 Å². The monoisotopic (exact) mass is 459 g/mol. The zero-order valence-electron chi connectivity index (χ0n) is 18.9. The van der Waals surface area contributed by atoms with E-state index in [4.69, 9.17) is 0 Å². The van der Waals surface area contributed by atoms with Crippen LogP contribution in [0, 0.1) is 13.8 Å². The van der Waals surface area contributed by atoms with Crippen LogP contribution in [0.25, 0.3) is 10.3 Å². The van der Waals surface area contributed by atoms with Crippen molar-refractivity contribution in [3.05, 3.63) is 39.7 Å². The van der Waals surface area contributed by atoms with Gasteiger partial charge in [0, 0.05) is 24.8 Å². The Morgan fingerprint density at radius 2 is 1.84 bits per heavy atom. The summed E-state index contributed by atoms with van der Waals surface area (Å²) in [5.74, 6) is 0.0278. The van der Waals surface area contributed by atoms with Crippen molar-refractivity contribution in [3.8, 4) is 0 Å². The number of hydrogen-bond donors (Lipinski definition) is 1. The van der Waals surface area contributed by atoms with Gasteiger partial charge in [0.15, 0.2) is 15.9 Å². The third kappa shape index (κ3) is 4.93. The van der Waals surface area contributed by atoms with E-state index >= 15 is 0 Å². The number of aromatic nitrogens is 3. The average molecular weight is 460 g/mol. The summed E-state index contributed by atoms with van der Waals surface area (Å²) in [6, 6.07) is 5.83. The molecule has 2 aromatic heterocycles. The Balaban J connectivity index is 1.89. The van der Waals surface area contributed by atoms with Crippen molar-refractivity contribution in [2.24, 2.45) is 0 Å². The van der Waals surface area contributed by atoms with Gasteiger partial charge < -0.3 is 10.2 Å². The molecule has 3 rings (SSSR count). The average Bonchev–Trinajstić information content (AvgIpc) is 3.14. The smallest absolute Gasteiger partial charge is 0.274 e. The zero-order chi connectivity index (χ0) is 22.7. The molecule has 0 saturated carbocycles. The van der Waals surface area contributed by atoms with Gasteiger partial charge in [-0.2, -0.15) is 4.98 Å². The molecule has 0 aliphatic heterocycles. The van der Waals surface area contributed by atoms with Crippen molar-refractivity contribution in [2.45, 2.75) is 52.7 Å². The highest BCUT2D eigenvalue weighted by atomic mass is 32.2. The topological polar surface area (TPSA) is 80.1 Å². The molecule has 0 saturated heterocycles. The molecule has 31 heavy (non-hydrogen) atoms. The minimum absolute atomic E-state index is 0.0763. The van der Waals surface area contributed by atoms with Crippen molar-refractivity contribution in [3.63, 3.8) is 0 Å². The molecule has 0 radical (unpaired) electrons. The summed E-state index contributed by atoms with van der Waals surface area (Å²) in [6.07, 6.45) is 0. The molecule has 0 aliphatic rings. The number of hydrogen-bond acceptors (Lipinski definition) is 7. The summed E-state index contributed by atoms with van der Waals surface area (Å²) in [5, 5.41) is 4.30. The Morgan fingerprint density at radius 3 is 2.42 bits per heavy atom. The largest absolute Gasteiger partial charge is 0.349 e. The van der Waals surface area contributed by atoms with Gasteiger partial charge in [0.1, 0.15) is 4.70 Å². The van der Waals surface area contributed by atoms with Gasteiger partial charge in [-0.05, 0) is 52.7 Å². The minimum atomic E-state index is -0.130. The molecule has 1 N–H and O–H groups in total. The van der Waals surface area contributed by atoms with Gasteiger partial charge >= 0.3 is 0 Å². The lowest BCUT2D eigenvalue weighted by Gasteiger charge is -2.15. The van der Waals surface area contributed by atoms with E-state index < -0.39 is 0 Å². The number of para-hydroxylation sites is 1. The van der Waals surface area contributed by atoms with Crippen molar-refractivity contribution in [1.82, 2.24) is 14.5 Å². The Kier molecular flexibility index (Phi) is 7.38. The fourth-order valence-corrected chi connectivity index (χ4v) is 5.35. The van der Waals surface area contributed by atoms with Crippen LogP contribution < -0.4 is 15.8 Å². The number of benzene rings is 1. The van der Waals surface area contributed by atoms with Gasteiger partial charge in [-0.15, -0.1) is 0 Å². The molecular formula is C22H29N5O2S2. The second-order valence-electron chi connectivity index (χ2n) is 7.59. The summed E-state index contributed by atoms with van der Waals surface area (Å²) < 4.78 is 2.21. The maximum absolute atomic E-state index is 13.2. The molecule has 0 aliphatic carbocycles. The van der Waals surface area contributed by atoms with Crippen LogP contribution in [-0.4, -0.2) is 39.3 Å². The lowest BCUT2D eigenvalue weighted by molar-refractivity contribution is -0.113. The molecule has 0 bridgehead atoms. The van der Waals surface area contributed by atoms with Gasteiger partial charge in [0.05, 0.1) is 5.75 Å². The standard InChI is InChI=1S/C22H29N5O2S2/c1-7-26(8-2)21-24-19-18(31-21)20(29)27(13(3)4)22(25-19)30-12-16(28)23-17-14(5)10-9-11-15(17)6/h9-11,13H,7-8,12H2,1-6H3,(H,23,28). The summed E-state index contributed by atoms with van der Waals surface area (Å²) in [6.45, 7) is 13.6. The zero-order valence-corrected chi connectivity index (χ0v) is 20.5. The predicted molar refractivity (Wildman–Crippen MR) is 131 cm³/mol. The minimum Gasteiger partial charge on any atom is -0.349 e. The molecule has 1 amide bonds. The van der Waals surface area contributed by atoms with Gasteiger partial charge in [0.25, 0.3) is 5.56 Å². The van der Waals surface area contributed by atoms with Crippen LogP contribution in [0.1, 0.15) is 44.9 Å². The van der Waals surface area contributed by atoms with Crippen LogP contribution in [0.4, 0.5) is 10.8 Å². The number of fused-ring (bicyclic) bond motifs is 1. The molecule has 1 aromatic carbocycles. The van der Waals surface area contributed by atoms with E-state index in [9.17, 15) is 9.59 Å². The first-order chi connectivity index (χ1) is 14.8. The number of nitrogens with zero attached hydrogens (tertiary/aromatic N) is 4. The molecule has 3 aromatic rings. The number of nitrogens with one attached hydrogen (secondary N) is 1. The number of anilines is 2. The van der Waals surface area contributed by atoms with E-state index in [0.717, 1.165) is 35.0 Å².